The summed E-state index contributed by atoms with van der Waals surface area (Å²) in [6, 6.07) is 21.7. The van der Waals surface area contributed by atoms with Crippen LogP contribution in [0.2, 0.25) is 0 Å². The van der Waals surface area contributed by atoms with Gasteiger partial charge in [0.2, 0.25) is 12.2 Å². The van der Waals surface area contributed by atoms with Gasteiger partial charge in [0.15, 0.2) is 0 Å². The molecule has 0 aromatic heterocycles. The van der Waals surface area contributed by atoms with Gasteiger partial charge in [0.05, 0.1) is 12.7 Å². The molecule has 0 saturated carbocycles. The van der Waals surface area contributed by atoms with Crippen LogP contribution in [0.15, 0.2) is 78.9 Å². The molecule has 2 N–H and O–H groups in total. The Morgan fingerprint density at radius 3 is 1.80 bits per heavy atom. The van der Waals surface area contributed by atoms with Crippen molar-refractivity contribution in [3.8, 4) is 11.5 Å². The Morgan fingerprint density at radius 1 is 0.700 bits per heavy atom. The summed E-state index contributed by atoms with van der Waals surface area (Å²) in [7, 11) is 1.26. The van der Waals surface area contributed by atoms with Crippen molar-refractivity contribution in [3.63, 3.8) is 0 Å². The van der Waals surface area contributed by atoms with Gasteiger partial charge in [-0.1, -0.05) is 30.3 Å². The number of anilines is 1. The molecule has 3 rings (SSSR count). The molecular formula is C29H28N2O9. The normalized spacial score (nSPS) is 11.8. The first kappa shape index (κ1) is 29.4. The Balaban J connectivity index is 1.71. The molecule has 3 aromatic rings. The number of para-hydroxylation sites is 1. The molecule has 0 spiro atoms. The van der Waals surface area contributed by atoms with E-state index in [9.17, 15) is 24.0 Å². The first-order chi connectivity index (χ1) is 19.2. The van der Waals surface area contributed by atoms with Crippen LogP contribution in [0, 0.1) is 0 Å². The second kappa shape index (κ2) is 14.1. The smallest absolute Gasteiger partial charge is 0.337 e. The Hall–Kier alpha value is -5.19. The van der Waals surface area contributed by atoms with Gasteiger partial charge in [0, 0.05) is 26.1 Å². The number of hydrogen-bond donors (Lipinski definition) is 2. The molecule has 0 fully saturated rings. The van der Waals surface area contributed by atoms with Gasteiger partial charge in [-0.25, -0.2) is 4.79 Å². The number of esters is 3. The standard InChI is InChI=1S/C29H28N2O9/c1-18(32)38-25(27(34)30-17-20-9-11-21(12-10-20)29(36)37-3)26(39-19(2)33)28(35)31-22-13-15-24(16-14-22)40-23-7-5-4-6-8-23/h4-16,25-26H,17H2,1-3H3,(H,30,34)(H,31,35). The van der Waals surface area contributed by atoms with Crippen LogP contribution >= 0.6 is 0 Å². The maximum atomic E-state index is 13.1. The molecule has 0 bridgehead atoms. The van der Waals surface area contributed by atoms with Crippen LogP contribution in [0.3, 0.4) is 0 Å². The average Bonchev–Trinajstić information content (AvgIpc) is 2.94. The largest absolute Gasteiger partial charge is 0.465 e. The quantitative estimate of drug-likeness (QED) is 0.272. The zero-order valence-corrected chi connectivity index (χ0v) is 22.0. The molecule has 208 valence electrons. The second-order valence-corrected chi connectivity index (χ2v) is 8.40. The summed E-state index contributed by atoms with van der Waals surface area (Å²) in [6.45, 7) is 2.08. The van der Waals surface area contributed by atoms with Gasteiger partial charge in [-0.05, 0) is 54.1 Å². The summed E-state index contributed by atoms with van der Waals surface area (Å²) < 4.78 is 20.6. The highest BCUT2D eigenvalue weighted by Gasteiger charge is 2.39. The number of benzene rings is 3. The molecule has 11 heteroatoms. The second-order valence-electron chi connectivity index (χ2n) is 8.40. The van der Waals surface area contributed by atoms with E-state index < -0.39 is 41.9 Å². The van der Waals surface area contributed by atoms with Crippen LogP contribution < -0.4 is 15.4 Å². The Labute approximate surface area is 230 Å². The number of rotatable bonds is 11. The third-order valence-electron chi connectivity index (χ3n) is 5.32. The Morgan fingerprint density at radius 2 is 1.25 bits per heavy atom. The van der Waals surface area contributed by atoms with Crippen LogP contribution in [0.1, 0.15) is 29.8 Å². The number of carbonyl (C=O) groups excluding carboxylic acids is 5. The van der Waals surface area contributed by atoms with Crippen LogP contribution in [-0.4, -0.2) is 49.0 Å². The maximum absolute atomic E-state index is 13.1. The summed E-state index contributed by atoms with van der Waals surface area (Å²) >= 11 is 0. The van der Waals surface area contributed by atoms with Gasteiger partial charge in [-0.2, -0.15) is 0 Å². The molecule has 2 atom stereocenters. The van der Waals surface area contributed by atoms with Crippen LogP contribution in [-0.2, 0) is 39.9 Å². The third-order valence-corrected chi connectivity index (χ3v) is 5.32. The minimum Gasteiger partial charge on any atom is -0.465 e. The van der Waals surface area contributed by atoms with Gasteiger partial charge < -0.3 is 29.6 Å². The van der Waals surface area contributed by atoms with E-state index in [1.165, 1.54) is 19.2 Å². The van der Waals surface area contributed by atoms with Crippen molar-refractivity contribution in [3.05, 3.63) is 90.0 Å². The maximum Gasteiger partial charge on any atom is 0.337 e. The average molecular weight is 549 g/mol. The number of nitrogens with one attached hydrogen (secondary N) is 2. The number of hydrogen-bond acceptors (Lipinski definition) is 9. The number of carbonyl (C=O) groups is 5. The fourth-order valence-electron chi connectivity index (χ4n) is 3.47. The number of ether oxygens (including phenoxy) is 4. The summed E-state index contributed by atoms with van der Waals surface area (Å²) in [5.41, 5.74) is 1.24. The zero-order valence-electron chi connectivity index (χ0n) is 22.0. The van der Waals surface area contributed by atoms with Crippen molar-refractivity contribution in [2.45, 2.75) is 32.6 Å². The minimum absolute atomic E-state index is 0.0324. The molecule has 0 aliphatic heterocycles. The van der Waals surface area contributed by atoms with Crippen molar-refractivity contribution >= 4 is 35.4 Å². The van der Waals surface area contributed by atoms with Crippen molar-refractivity contribution in [2.75, 3.05) is 12.4 Å². The summed E-state index contributed by atoms with van der Waals surface area (Å²) in [5, 5.41) is 5.11. The molecule has 0 saturated heterocycles. The van der Waals surface area contributed by atoms with E-state index in [0.717, 1.165) is 13.8 Å². The van der Waals surface area contributed by atoms with E-state index in [0.29, 0.717) is 28.3 Å². The zero-order chi connectivity index (χ0) is 29.1. The first-order valence-corrected chi connectivity index (χ1v) is 12.1. The fourth-order valence-corrected chi connectivity index (χ4v) is 3.47. The van der Waals surface area contributed by atoms with Crippen molar-refractivity contribution in [1.82, 2.24) is 5.32 Å². The van der Waals surface area contributed by atoms with Crippen LogP contribution in [0.25, 0.3) is 0 Å². The molecule has 11 nitrogen and oxygen atoms in total. The predicted octanol–water partition coefficient (Wildman–Crippen LogP) is 3.38. The lowest BCUT2D eigenvalue weighted by atomic mass is 10.1. The molecule has 3 aromatic carbocycles. The van der Waals surface area contributed by atoms with E-state index in [1.807, 2.05) is 18.2 Å². The monoisotopic (exact) mass is 548 g/mol. The first-order valence-electron chi connectivity index (χ1n) is 12.1. The van der Waals surface area contributed by atoms with Crippen LogP contribution in [0.4, 0.5) is 5.69 Å². The predicted molar refractivity (Wildman–Crippen MR) is 142 cm³/mol. The topological polar surface area (TPSA) is 146 Å². The SMILES string of the molecule is COC(=O)c1ccc(CNC(=O)C(OC(C)=O)C(OC(C)=O)C(=O)Nc2ccc(Oc3ccccc3)cc2)cc1. The lowest BCUT2D eigenvalue weighted by Gasteiger charge is -2.25. The van der Waals surface area contributed by atoms with Gasteiger partial charge in [-0.3, -0.25) is 19.2 Å². The lowest BCUT2D eigenvalue weighted by Crippen LogP contribution is -2.51. The fraction of sp³-hybridized carbons (Fsp3) is 0.207. The minimum atomic E-state index is -1.79. The highest BCUT2D eigenvalue weighted by Crippen LogP contribution is 2.23. The van der Waals surface area contributed by atoms with E-state index in [4.69, 9.17) is 14.2 Å². The molecule has 0 radical (unpaired) electrons. The van der Waals surface area contributed by atoms with E-state index in [1.54, 1.807) is 48.5 Å². The van der Waals surface area contributed by atoms with E-state index in [2.05, 4.69) is 15.4 Å². The molecule has 0 aliphatic rings. The third kappa shape index (κ3) is 8.69. The molecule has 0 heterocycles. The molecule has 40 heavy (non-hydrogen) atoms. The highest BCUT2D eigenvalue weighted by atomic mass is 16.6. The van der Waals surface area contributed by atoms with Gasteiger partial charge in [-0.15, -0.1) is 0 Å². The van der Waals surface area contributed by atoms with Crippen molar-refractivity contribution in [2.24, 2.45) is 0 Å². The van der Waals surface area contributed by atoms with Crippen molar-refractivity contribution in [1.29, 1.82) is 0 Å². The summed E-state index contributed by atoms with van der Waals surface area (Å²) in [6.07, 6.45) is -3.57. The molecule has 0 aliphatic carbocycles. The Kier molecular flexibility index (Phi) is 10.4. The number of methoxy groups -OCH3 is 1. The molecule has 2 unspecified atom stereocenters. The molecular weight excluding hydrogens is 520 g/mol. The van der Waals surface area contributed by atoms with E-state index in [-0.39, 0.29) is 6.54 Å². The van der Waals surface area contributed by atoms with Gasteiger partial charge in [0.1, 0.15) is 11.5 Å². The van der Waals surface area contributed by atoms with E-state index >= 15 is 0 Å². The van der Waals surface area contributed by atoms with Gasteiger partial charge >= 0.3 is 17.9 Å². The van der Waals surface area contributed by atoms with Crippen molar-refractivity contribution < 1.29 is 42.9 Å². The van der Waals surface area contributed by atoms with Gasteiger partial charge in [0.25, 0.3) is 11.8 Å². The van der Waals surface area contributed by atoms with Crippen LogP contribution in [0.5, 0.6) is 11.5 Å². The summed E-state index contributed by atoms with van der Waals surface area (Å²) in [4.78, 5) is 61.3. The number of amides is 2. The lowest BCUT2D eigenvalue weighted by molar-refractivity contribution is -0.173. The molecule has 2 amide bonds. The highest BCUT2D eigenvalue weighted by molar-refractivity contribution is 6.00. The summed E-state index contributed by atoms with van der Waals surface area (Å²) in [5.74, 6) is -2.87. The Bertz CT molecular complexity index is 1340.